The number of ketones is 1. The first-order valence-electron chi connectivity index (χ1n) is 4.16. The van der Waals surface area contributed by atoms with Crippen molar-refractivity contribution in [1.82, 2.24) is 15.3 Å². The average molecular weight is 182 g/mol. The standard InChI is InChI=1S/C8H14N4O/c1-3-8(9,10-2)6(13)7-11-4-5-12-7/h4-5,10H,3,9H2,1-2H3,(H,11,12). The summed E-state index contributed by atoms with van der Waals surface area (Å²) >= 11 is 0. The molecule has 0 aromatic carbocycles. The monoisotopic (exact) mass is 182 g/mol. The van der Waals surface area contributed by atoms with E-state index in [2.05, 4.69) is 15.3 Å². The summed E-state index contributed by atoms with van der Waals surface area (Å²) in [6, 6.07) is 0. The van der Waals surface area contributed by atoms with Crippen LogP contribution in [0.15, 0.2) is 12.4 Å². The molecule has 0 saturated heterocycles. The molecule has 0 radical (unpaired) electrons. The molecule has 0 spiro atoms. The molecule has 0 aliphatic carbocycles. The van der Waals surface area contributed by atoms with E-state index in [-0.39, 0.29) is 5.78 Å². The third-order valence-electron chi connectivity index (χ3n) is 2.12. The van der Waals surface area contributed by atoms with Crippen LogP contribution in [0.2, 0.25) is 0 Å². The fraction of sp³-hybridized carbons (Fsp3) is 0.500. The van der Waals surface area contributed by atoms with Crippen LogP contribution in [0.5, 0.6) is 0 Å². The Labute approximate surface area is 76.7 Å². The van der Waals surface area contributed by atoms with Crippen molar-refractivity contribution in [2.45, 2.75) is 19.0 Å². The minimum Gasteiger partial charge on any atom is -0.342 e. The molecular weight excluding hydrogens is 168 g/mol. The molecule has 0 bridgehead atoms. The van der Waals surface area contributed by atoms with Gasteiger partial charge in [0.2, 0.25) is 5.78 Å². The van der Waals surface area contributed by atoms with Crippen LogP contribution in [-0.2, 0) is 0 Å². The van der Waals surface area contributed by atoms with Gasteiger partial charge in [-0.25, -0.2) is 4.98 Å². The van der Waals surface area contributed by atoms with Crippen LogP contribution < -0.4 is 11.1 Å². The molecule has 5 heteroatoms. The molecule has 0 aliphatic heterocycles. The highest BCUT2D eigenvalue weighted by atomic mass is 16.1. The van der Waals surface area contributed by atoms with Gasteiger partial charge in [0.25, 0.3) is 0 Å². The first-order valence-corrected chi connectivity index (χ1v) is 4.16. The Bertz CT molecular complexity index is 276. The summed E-state index contributed by atoms with van der Waals surface area (Å²) in [5, 5.41) is 2.78. The molecule has 5 nitrogen and oxygen atoms in total. The molecule has 4 N–H and O–H groups in total. The number of hydrogen-bond donors (Lipinski definition) is 3. The SMILES string of the molecule is CCC(N)(NC)C(=O)c1ncc[nH]1. The Morgan fingerprint density at radius 2 is 2.54 bits per heavy atom. The maximum Gasteiger partial charge on any atom is 0.232 e. The largest absolute Gasteiger partial charge is 0.342 e. The van der Waals surface area contributed by atoms with Crippen molar-refractivity contribution in [3.05, 3.63) is 18.2 Å². The number of aromatic amines is 1. The molecule has 0 amide bonds. The smallest absolute Gasteiger partial charge is 0.232 e. The summed E-state index contributed by atoms with van der Waals surface area (Å²) in [7, 11) is 1.66. The number of carbonyl (C=O) groups is 1. The van der Waals surface area contributed by atoms with Crippen LogP contribution in [0.4, 0.5) is 0 Å². The summed E-state index contributed by atoms with van der Waals surface area (Å²) in [5.74, 6) is 0.0706. The van der Waals surface area contributed by atoms with Crippen molar-refractivity contribution in [3.63, 3.8) is 0 Å². The van der Waals surface area contributed by atoms with Crippen molar-refractivity contribution in [1.29, 1.82) is 0 Å². The summed E-state index contributed by atoms with van der Waals surface area (Å²) in [6.07, 6.45) is 3.64. The van der Waals surface area contributed by atoms with Crippen LogP contribution in [0, 0.1) is 0 Å². The van der Waals surface area contributed by atoms with Crippen LogP contribution in [-0.4, -0.2) is 28.5 Å². The number of hydrogen-bond acceptors (Lipinski definition) is 4. The zero-order chi connectivity index (χ0) is 9.90. The third-order valence-corrected chi connectivity index (χ3v) is 2.12. The maximum atomic E-state index is 11.7. The van der Waals surface area contributed by atoms with Crippen molar-refractivity contribution in [3.8, 4) is 0 Å². The number of Topliss-reactive ketones (excluding diaryl/α,β-unsaturated/α-hetero) is 1. The minimum absolute atomic E-state index is 0.220. The molecule has 1 unspecified atom stereocenters. The van der Waals surface area contributed by atoms with Gasteiger partial charge in [-0.05, 0) is 13.5 Å². The van der Waals surface area contributed by atoms with E-state index >= 15 is 0 Å². The quantitative estimate of drug-likeness (QED) is 0.447. The lowest BCUT2D eigenvalue weighted by Gasteiger charge is -2.24. The zero-order valence-electron chi connectivity index (χ0n) is 7.79. The zero-order valence-corrected chi connectivity index (χ0v) is 7.79. The average Bonchev–Trinajstić information content (AvgIpc) is 2.68. The van der Waals surface area contributed by atoms with E-state index in [4.69, 9.17) is 5.73 Å². The molecule has 1 atom stereocenters. The van der Waals surface area contributed by atoms with E-state index in [1.54, 1.807) is 13.2 Å². The summed E-state index contributed by atoms with van der Waals surface area (Å²) in [5.41, 5.74) is 4.79. The summed E-state index contributed by atoms with van der Waals surface area (Å²) in [6.45, 7) is 1.84. The lowest BCUT2D eigenvalue weighted by Crippen LogP contribution is -2.58. The number of carbonyl (C=O) groups excluding carboxylic acids is 1. The number of nitrogens with two attached hydrogens (primary N) is 1. The molecular formula is C8H14N4O. The van der Waals surface area contributed by atoms with Crippen LogP contribution in [0.3, 0.4) is 0 Å². The van der Waals surface area contributed by atoms with E-state index < -0.39 is 5.66 Å². The number of likely N-dealkylation sites (N-methyl/N-ethyl adjacent to an activating group) is 1. The Kier molecular flexibility index (Phi) is 2.79. The van der Waals surface area contributed by atoms with Crippen LogP contribution >= 0.6 is 0 Å². The Balaban J connectivity index is 2.89. The van der Waals surface area contributed by atoms with Gasteiger partial charge in [-0.1, -0.05) is 6.92 Å². The molecule has 72 valence electrons. The molecule has 1 aromatic rings. The van der Waals surface area contributed by atoms with Gasteiger partial charge in [0.15, 0.2) is 5.82 Å². The maximum absolute atomic E-state index is 11.7. The Morgan fingerprint density at radius 3 is 2.92 bits per heavy atom. The fourth-order valence-electron chi connectivity index (χ4n) is 1.05. The van der Waals surface area contributed by atoms with Gasteiger partial charge >= 0.3 is 0 Å². The van der Waals surface area contributed by atoms with E-state index in [0.717, 1.165) is 0 Å². The van der Waals surface area contributed by atoms with Gasteiger partial charge < -0.3 is 10.7 Å². The number of nitrogens with zero attached hydrogens (tertiary/aromatic N) is 1. The highest BCUT2D eigenvalue weighted by Gasteiger charge is 2.32. The lowest BCUT2D eigenvalue weighted by atomic mass is 10.0. The number of H-pyrrole nitrogens is 1. The van der Waals surface area contributed by atoms with Gasteiger partial charge in [0, 0.05) is 12.4 Å². The van der Waals surface area contributed by atoms with Gasteiger partial charge in [0.05, 0.1) is 0 Å². The molecule has 0 saturated carbocycles. The predicted octanol–water partition coefficient (Wildman–Crippen LogP) is -0.123. The van der Waals surface area contributed by atoms with Gasteiger partial charge in [-0.3, -0.25) is 10.1 Å². The van der Waals surface area contributed by atoms with Crippen molar-refractivity contribution >= 4 is 5.78 Å². The number of rotatable bonds is 4. The number of nitrogens with one attached hydrogen (secondary N) is 2. The molecule has 13 heavy (non-hydrogen) atoms. The van der Waals surface area contributed by atoms with Gasteiger partial charge in [-0.2, -0.15) is 0 Å². The Morgan fingerprint density at radius 1 is 1.85 bits per heavy atom. The topological polar surface area (TPSA) is 83.8 Å². The fourth-order valence-corrected chi connectivity index (χ4v) is 1.05. The van der Waals surface area contributed by atoms with Gasteiger partial charge in [0.1, 0.15) is 5.66 Å². The molecule has 0 aliphatic rings. The number of imidazole rings is 1. The highest BCUT2D eigenvalue weighted by molar-refractivity contribution is 5.99. The number of aromatic nitrogens is 2. The second kappa shape index (κ2) is 3.68. The third kappa shape index (κ3) is 1.76. The normalized spacial score (nSPS) is 15.3. The molecule has 1 heterocycles. The van der Waals surface area contributed by atoms with Crippen LogP contribution in [0.25, 0.3) is 0 Å². The second-order valence-electron chi connectivity index (χ2n) is 2.84. The second-order valence-corrected chi connectivity index (χ2v) is 2.84. The van der Waals surface area contributed by atoms with Gasteiger partial charge in [-0.15, -0.1) is 0 Å². The van der Waals surface area contributed by atoms with Crippen molar-refractivity contribution in [2.75, 3.05) is 7.05 Å². The first-order chi connectivity index (χ1) is 6.14. The first kappa shape index (κ1) is 9.88. The highest BCUT2D eigenvalue weighted by Crippen LogP contribution is 2.07. The van der Waals surface area contributed by atoms with Crippen LogP contribution in [0.1, 0.15) is 24.0 Å². The van der Waals surface area contributed by atoms with Crippen molar-refractivity contribution < 1.29 is 4.79 Å². The van der Waals surface area contributed by atoms with E-state index in [0.29, 0.717) is 12.2 Å². The molecule has 0 fully saturated rings. The van der Waals surface area contributed by atoms with E-state index in [9.17, 15) is 4.79 Å². The summed E-state index contributed by atoms with van der Waals surface area (Å²) in [4.78, 5) is 18.3. The minimum atomic E-state index is -1.02. The summed E-state index contributed by atoms with van der Waals surface area (Å²) < 4.78 is 0. The predicted molar refractivity (Wildman–Crippen MR) is 49.2 cm³/mol. The van der Waals surface area contributed by atoms with E-state index in [1.807, 2.05) is 6.92 Å². The molecule has 1 aromatic heterocycles. The Hall–Kier alpha value is -1.20. The molecule has 1 rings (SSSR count). The lowest BCUT2D eigenvalue weighted by molar-refractivity contribution is 0.0847. The van der Waals surface area contributed by atoms with E-state index in [1.165, 1.54) is 6.20 Å². The van der Waals surface area contributed by atoms with Crippen molar-refractivity contribution in [2.24, 2.45) is 5.73 Å².